The fourth-order valence-corrected chi connectivity index (χ4v) is 4.12. The summed E-state index contributed by atoms with van der Waals surface area (Å²) >= 11 is 6.08. The molecule has 1 N–H and O–H groups in total. The van der Waals surface area contributed by atoms with Crippen molar-refractivity contribution < 1.29 is 9.18 Å². The van der Waals surface area contributed by atoms with Gasteiger partial charge in [-0.1, -0.05) is 17.7 Å². The number of fused-ring (bicyclic) bond motifs is 1. The summed E-state index contributed by atoms with van der Waals surface area (Å²) in [5.74, 6) is -0.124. The van der Waals surface area contributed by atoms with Gasteiger partial charge in [-0.25, -0.2) is 4.39 Å². The topological polar surface area (TPSA) is 39.3 Å². The number of benzene rings is 2. The van der Waals surface area contributed by atoms with Gasteiger partial charge in [-0.15, -0.1) is 0 Å². The fraction of sp³-hybridized carbons (Fsp3) is 0.318. The first-order chi connectivity index (χ1) is 13.4. The van der Waals surface area contributed by atoms with Crippen molar-refractivity contribution in [2.45, 2.75) is 19.3 Å². The molecule has 0 radical (unpaired) electrons. The molecule has 0 spiro atoms. The average Bonchev–Trinajstić information content (AvgIpc) is 3.12. The molecule has 0 atom stereocenters. The molecular formula is C22H23ClFN3O. The second-order valence-electron chi connectivity index (χ2n) is 7.77. The molecule has 3 aromatic rings. The zero-order valence-electron chi connectivity index (χ0n) is 16.0. The fourth-order valence-electron chi connectivity index (χ4n) is 3.95. The first-order valence-electron chi connectivity index (χ1n) is 9.43. The number of carbonyl (C=O) groups is 1. The number of nitrogens with zero attached hydrogens (tertiary/aromatic N) is 2. The lowest BCUT2D eigenvalue weighted by Gasteiger charge is -2.39. The third-order valence-corrected chi connectivity index (χ3v) is 5.85. The lowest BCUT2D eigenvalue weighted by atomic mass is 9.82. The standard InChI is InChI=1S/C22H23ClFN3O/c1-22(2,19-14-25-20-13-15(23)3-8-18(19)20)21(28)27-11-9-26(10-12-27)17-6-4-16(24)5-7-17/h3-8,13-14,25H,9-12H2,1-2H3. The van der Waals surface area contributed by atoms with Crippen LogP contribution in [0.15, 0.2) is 48.7 Å². The number of halogens is 2. The molecule has 1 aliphatic heterocycles. The summed E-state index contributed by atoms with van der Waals surface area (Å²) in [6.45, 7) is 6.70. The molecule has 1 amide bonds. The predicted molar refractivity (Wildman–Crippen MR) is 112 cm³/mol. The molecule has 6 heteroatoms. The van der Waals surface area contributed by atoms with E-state index in [-0.39, 0.29) is 11.7 Å². The molecule has 2 heterocycles. The van der Waals surface area contributed by atoms with Crippen molar-refractivity contribution in [2.24, 2.45) is 0 Å². The van der Waals surface area contributed by atoms with Crippen LogP contribution in [-0.4, -0.2) is 42.0 Å². The molecule has 28 heavy (non-hydrogen) atoms. The molecule has 1 fully saturated rings. The van der Waals surface area contributed by atoms with Crippen LogP contribution in [0.1, 0.15) is 19.4 Å². The van der Waals surface area contributed by atoms with Gasteiger partial charge in [0.1, 0.15) is 5.82 Å². The summed E-state index contributed by atoms with van der Waals surface area (Å²) in [6.07, 6.45) is 1.91. The zero-order valence-corrected chi connectivity index (χ0v) is 16.8. The Morgan fingerprint density at radius 2 is 1.75 bits per heavy atom. The van der Waals surface area contributed by atoms with Crippen molar-refractivity contribution in [1.82, 2.24) is 9.88 Å². The Balaban J connectivity index is 1.50. The van der Waals surface area contributed by atoms with E-state index in [1.165, 1.54) is 12.1 Å². The van der Waals surface area contributed by atoms with E-state index in [0.717, 1.165) is 35.2 Å². The maximum atomic E-state index is 13.3. The van der Waals surface area contributed by atoms with E-state index in [4.69, 9.17) is 11.6 Å². The number of anilines is 1. The lowest BCUT2D eigenvalue weighted by molar-refractivity contribution is -0.136. The third-order valence-electron chi connectivity index (χ3n) is 5.61. The van der Waals surface area contributed by atoms with E-state index >= 15 is 0 Å². The number of aromatic nitrogens is 1. The van der Waals surface area contributed by atoms with E-state index < -0.39 is 5.41 Å². The molecule has 0 unspecified atom stereocenters. The summed E-state index contributed by atoms with van der Waals surface area (Å²) in [6, 6.07) is 12.2. The van der Waals surface area contributed by atoms with E-state index in [9.17, 15) is 9.18 Å². The Bertz CT molecular complexity index is 1000. The number of H-pyrrole nitrogens is 1. The first-order valence-corrected chi connectivity index (χ1v) is 9.81. The zero-order chi connectivity index (χ0) is 19.9. The van der Waals surface area contributed by atoms with E-state index in [0.29, 0.717) is 18.1 Å². The van der Waals surface area contributed by atoms with Gasteiger partial charge in [-0.2, -0.15) is 0 Å². The van der Waals surface area contributed by atoms with E-state index in [2.05, 4.69) is 9.88 Å². The second kappa shape index (κ2) is 7.13. The Hall–Kier alpha value is -2.53. The van der Waals surface area contributed by atoms with Gasteiger partial charge in [0.25, 0.3) is 0 Å². The van der Waals surface area contributed by atoms with Crippen molar-refractivity contribution in [2.75, 3.05) is 31.1 Å². The van der Waals surface area contributed by atoms with Gasteiger partial charge in [0.15, 0.2) is 0 Å². The smallest absolute Gasteiger partial charge is 0.232 e. The van der Waals surface area contributed by atoms with Crippen LogP contribution in [0.25, 0.3) is 10.9 Å². The average molecular weight is 400 g/mol. The number of aromatic amines is 1. The van der Waals surface area contributed by atoms with Gasteiger partial charge in [0, 0.05) is 54.0 Å². The van der Waals surface area contributed by atoms with Crippen LogP contribution in [0.2, 0.25) is 5.02 Å². The summed E-state index contributed by atoms with van der Waals surface area (Å²) < 4.78 is 13.1. The normalized spacial score (nSPS) is 15.3. The highest BCUT2D eigenvalue weighted by molar-refractivity contribution is 6.31. The summed E-state index contributed by atoms with van der Waals surface area (Å²) in [4.78, 5) is 20.7. The number of piperazine rings is 1. The van der Waals surface area contributed by atoms with Gasteiger partial charge in [0.2, 0.25) is 5.91 Å². The molecule has 0 saturated carbocycles. The van der Waals surface area contributed by atoms with Gasteiger partial charge in [-0.3, -0.25) is 4.79 Å². The van der Waals surface area contributed by atoms with Gasteiger partial charge in [0.05, 0.1) is 5.41 Å². The Morgan fingerprint density at radius 3 is 2.43 bits per heavy atom. The Kier molecular flexibility index (Phi) is 4.79. The van der Waals surface area contributed by atoms with Crippen molar-refractivity contribution in [3.8, 4) is 0 Å². The molecule has 1 aromatic heterocycles. The Labute approximate surface area is 168 Å². The minimum atomic E-state index is -0.649. The molecule has 4 rings (SSSR count). The number of amides is 1. The maximum absolute atomic E-state index is 13.3. The van der Waals surface area contributed by atoms with Crippen molar-refractivity contribution in [3.05, 3.63) is 65.1 Å². The van der Waals surface area contributed by atoms with Gasteiger partial charge in [-0.05, 0) is 55.8 Å². The number of rotatable bonds is 3. The molecule has 1 saturated heterocycles. The lowest BCUT2D eigenvalue weighted by Crippen LogP contribution is -2.53. The van der Waals surface area contributed by atoms with Crippen LogP contribution in [0.5, 0.6) is 0 Å². The highest BCUT2D eigenvalue weighted by Gasteiger charge is 2.36. The van der Waals surface area contributed by atoms with Crippen LogP contribution in [0.4, 0.5) is 10.1 Å². The molecule has 0 aliphatic carbocycles. The third kappa shape index (κ3) is 3.35. The van der Waals surface area contributed by atoms with Crippen LogP contribution in [0.3, 0.4) is 0 Å². The van der Waals surface area contributed by atoms with Crippen LogP contribution in [0, 0.1) is 5.82 Å². The monoisotopic (exact) mass is 399 g/mol. The molecule has 4 nitrogen and oxygen atoms in total. The molecule has 146 valence electrons. The van der Waals surface area contributed by atoms with E-state index in [1.54, 1.807) is 12.1 Å². The summed E-state index contributed by atoms with van der Waals surface area (Å²) in [5, 5.41) is 1.69. The first kappa shape index (κ1) is 18.8. The SMILES string of the molecule is CC(C)(C(=O)N1CCN(c2ccc(F)cc2)CC1)c1c[nH]c2cc(Cl)ccc12. The number of carbonyl (C=O) groups excluding carboxylic acids is 1. The minimum absolute atomic E-state index is 0.113. The molecular weight excluding hydrogens is 377 g/mol. The second-order valence-corrected chi connectivity index (χ2v) is 8.21. The largest absolute Gasteiger partial charge is 0.368 e. The Morgan fingerprint density at radius 1 is 1.07 bits per heavy atom. The number of hydrogen-bond acceptors (Lipinski definition) is 2. The quantitative estimate of drug-likeness (QED) is 0.699. The minimum Gasteiger partial charge on any atom is -0.368 e. The van der Waals surface area contributed by atoms with Crippen molar-refractivity contribution in [1.29, 1.82) is 0 Å². The highest BCUT2D eigenvalue weighted by atomic mass is 35.5. The number of nitrogens with one attached hydrogen (secondary N) is 1. The summed E-state index contributed by atoms with van der Waals surface area (Å²) in [5.41, 5.74) is 2.25. The van der Waals surface area contributed by atoms with E-state index in [1.807, 2.05) is 43.1 Å². The number of hydrogen-bond donors (Lipinski definition) is 1. The maximum Gasteiger partial charge on any atom is 0.232 e. The van der Waals surface area contributed by atoms with Crippen LogP contribution in [-0.2, 0) is 10.2 Å². The van der Waals surface area contributed by atoms with Gasteiger partial charge < -0.3 is 14.8 Å². The molecule has 0 bridgehead atoms. The predicted octanol–water partition coefficient (Wildman–Crippen LogP) is 4.59. The van der Waals surface area contributed by atoms with Gasteiger partial charge >= 0.3 is 0 Å². The highest BCUT2D eigenvalue weighted by Crippen LogP contribution is 2.33. The molecule has 1 aliphatic rings. The van der Waals surface area contributed by atoms with Crippen LogP contribution < -0.4 is 4.90 Å². The summed E-state index contributed by atoms with van der Waals surface area (Å²) in [7, 11) is 0. The van der Waals surface area contributed by atoms with Crippen LogP contribution >= 0.6 is 11.6 Å². The van der Waals surface area contributed by atoms with Crippen molar-refractivity contribution >= 4 is 34.1 Å². The van der Waals surface area contributed by atoms with Crippen molar-refractivity contribution in [3.63, 3.8) is 0 Å². The molecule has 2 aromatic carbocycles.